The predicted molar refractivity (Wildman–Crippen MR) is 111 cm³/mol. The van der Waals surface area contributed by atoms with Gasteiger partial charge in [-0.1, -0.05) is 18.2 Å². The number of para-hydroxylation sites is 1. The SMILES string of the molecule is CCOc1ccc(NC(=O)C(=O)Nc2ccc(Nc3ccccc3)cc2)cc1. The van der Waals surface area contributed by atoms with Crippen molar-refractivity contribution in [2.45, 2.75) is 6.92 Å². The van der Waals surface area contributed by atoms with Crippen molar-refractivity contribution in [3.8, 4) is 5.75 Å². The first-order valence-electron chi connectivity index (χ1n) is 8.91. The molecule has 0 aliphatic heterocycles. The molecule has 3 aromatic carbocycles. The lowest BCUT2D eigenvalue weighted by molar-refractivity contribution is -0.132. The van der Waals surface area contributed by atoms with Crippen LogP contribution >= 0.6 is 0 Å². The molecule has 0 aliphatic rings. The second kappa shape index (κ2) is 9.23. The summed E-state index contributed by atoms with van der Waals surface area (Å²) >= 11 is 0. The first kappa shape index (κ1) is 19.0. The number of rotatable bonds is 6. The van der Waals surface area contributed by atoms with Gasteiger partial charge in [-0.2, -0.15) is 0 Å². The van der Waals surface area contributed by atoms with E-state index < -0.39 is 11.8 Å². The highest BCUT2D eigenvalue weighted by molar-refractivity contribution is 6.43. The zero-order chi connectivity index (χ0) is 19.8. The van der Waals surface area contributed by atoms with E-state index in [1.165, 1.54) is 0 Å². The number of carbonyl (C=O) groups is 2. The maximum atomic E-state index is 12.1. The lowest BCUT2D eigenvalue weighted by Crippen LogP contribution is -2.29. The van der Waals surface area contributed by atoms with Gasteiger partial charge in [0.15, 0.2) is 0 Å². The van der Waals surface area contributed by atoms with Crippen molar-refractivity contribution >= 4 is 34.6 Å². The summed E-state index contributed by atoms with van der Waals surface area (Å²) in [4.78, 5) is 24.2. The summed E-state index contributed by atoms with van der Waals surface area (Å²) in [5, 5.41) is 8.39. The van der Waals surface area contributed by atoms with Crippen molar-refractivity contribution in [3.63, 3.8) is 0 Å². The van der Waals surface area contributed by atoms with Gasteiger partial charge in [0.2, 0.25) is 0 Å². The van der Waals surface area contributed by atoms with E-state index in [4.69, 9.17) is 4.74 Å². The second-order valence-corrected chi connectivity index (χ2v) is 5.93. The highest BCUT2D eigenvalue weighted by Gasteiger charge is 2.14. The van der Waals surface area contributed by atoms with Gasteiger partial charge in [0.25, 0.3) is 0 Å². The number of benzene rings is 3. The van der Waals surface area contributed by atoms with Crippen LogP contribution in [-0.2, 0) is 9.59 Å². The Morgan fingerprint density at radius 1 is 0.679 bits per heavy atom. The molecule has 142 valence electrons. The number of amides is 2. The van der Waals surface area contributed by atoms with Crippen LogP contribution in [0.2, 0.25) is 0 Å². The lowest BCUT2D eigenvalue weighted by Gasteiger charge is -2.09. The summed E-state index contributed by atoms with van der Waals surface area (Å²) in [6, 6.07) is 23.7. The Hall–Kier alpha value is -3.80. The molecule has 0 saturated carbocycles. The van der Waals surface area contributed by atoms with Crippen molar-refractivity contribution in [1.29, 1.82) is 0 Å². The Balaban J connectivity index is 1.54. The number of ether oxygens (including phenoxy) is 1. The second-order valence-electron chi connectivity index (χ2n) is 5.93. The highest BCUT2D eigenvalue weighted by atomic mass is 16.5. The zero-order valence-electron chi connectivity index (χ0n) is 15.4. The van der Waals surface area contributed by atoms with Crippen LogP contribution in [0, 0.1) is 0 Å². The standard InChI is InChI=1S/C22H21N3O3/c1-2-28-20-14-12-19(13-15-20)25-22(27)21(26)24-18-10-8-17(9-11-18)23-16-6-4-3-5-7-16/h3-15,23H,2H2,1H3,(H,24,26)(H,25,27). The molecule has 0 bridgehead atoms. The molecule has 0 unspecified atom stereocenters. The van der Waals surface area contributed by atoms with Gasteiger partial charge < -0.3 is 20.7 Å². The third-order valence-electron chi connectivity index (χ3n) is 3.83. The fraction of sp³-hybridized carbons (Fsp3) is 0.0909. The molecular formula is C22H21N3O3. The Morgan fingerprint density at radius 3 is 1.68 bits per heavy atom. The molecule has 3 aromatic rings. The van der Waals surface area contributed by atoms with Gasteiger partial charge >= 0.3 is 11.8 Å². The minimum Gasteiger partial charge on any atom is -0.494 e. The Morgan fingerprint density at radius 2 is 1.14 bits per heavy atom. The van der Waals surface area contributed by atoms with Crippen LogP contribution in [-0.4, -0.2) is 18.4 Å². The molecule has 0 aromatic heterocycles. The fourth-order valence-corrected chi connectivity index (χ4v) is 2.50. The van der Waals surface area contributed by atoms with Crippen molar-refractivity contribution in [2.75, 3.05) is 22.6 Å². The first-order valence-corrected chi connectivity index (χ1v) is 8.91. The number of carbonyl (C=O) groups excluding carboxylic acids is 2. The molecule has 6 nitrogen and oxygen atoms in total. The molecule has 2 amide bonds. The van der Waals surface area contributed by atoms with Crippen LogP contribution in [0.3, 0.4) is 0 Å². The van der Waals surface area contributed by atoms with Crippen LogP contribution in [0.1, 0.15) is 6.92 Å². The predicted octanol–water partition coefficient (Wildman–Crippen LogP) is 4.41. The Bertz CT molecular complexity index is 924. The van der Waals surface area contributed by atoms with Crippen molar-refractivity contribution in [2.24, 2.45) is 0 Å². The van der Waals surface area contributed by atoms with E-state index in [-0.39, 0.29) is 0 Å². The van der Waals surface area contributed by atoms with E-state index in [1.807, 2.05) is 49.4 Å². The smallest absolute Gasteiger partial charge is 0.314 e. The maximum Gasteiger partial charge on any atom is 0.314 e. The van der Waals surface area contributed by atoms with Crippen molar-refractivity contribution in [3.05, 3.63) is 78.9 Å². The van der Waals surface area contributed by atoms with E-state index in [0.717, 1.165) is 11.4 Å². The summed E-state index contributed by atoms with van der Waals surface area (Å²) in [6.45, 7) is 2.46. The number of hydrogen-bond acceptors (Lipinski definition) is 4. The quantitative estimate of drug-likeness (QED) is 0.558. The van der Waals surface area contributed by atoms with Gasteiger partial charge in [0, 0.05) is 22.7 Å². The van der Waals surface area contributed by atoms with Crippen LogP contribution in [0.15, 0.2) is 78.9 Å². The molecule has 0 aliphatic carbocycles. The topological polar surface area (TPSA) is 79.5 Å². The minimum atomic E-state index is -0.740. The Labute approximate surface area is 163 Å². The van der Waals surface area contributed by atoms with Crippen LogP contribution in [0.5, 0.6) is 5.75 Å². The normalized spacial score (nSPS) is 10.0. The van der Waals surface area contributed by atoms with Gasteiger partial charge in [0.1, 0.15) is 5.75 Å². The average Bonchev–Trinajstić information content (AvgIpc) is 2.72. The van der Waals surface area contributed by atoms with E-state index in [9.17, 15) is 9.59 Å². The van der Waals surface area contributed by atoms with Crippen LogP contribution in [0.4, 0.5) is 22.7 Å². The van der Waals surface area contributed by atoms with Gasteiger partial charge in [-0.3, -0.25) is 9.59 Å². The average molecular weight is 375 g/mol. The molecule has 0 fully saturated rings. The summed E-state index contributed by atoms with van der Waals surface area (Å²) in [5.41, 5.74) is 2.90. The summed E-state index contributed by atoms with van der Waals surface area (Å²) in [5.74, 6) is -0.776. The lowest BCUT2D eigenvalue weighted by atomic mass is 10.2. The monoisotopic (exact) mass is 375 g/mol. The summed E-state index contributed by atoms with van der Waals surface area (Å²) in [7, 11) is 0. The van der Waals surface area contributed by atoms with Crippen molar-refractivity contribution < 1.29 is 14.3 Å². The van der Waals surface area contributed by atoms with E-state index in [0.29, 0.717) is 23.7 Å². The maximum absolute atomic E-state index is 12.1. The van der Waals surface area contributed by atoms with Gasteiger partial charge in [0.05, 0.1) is 6.61 Å². The van der Waals surface area contributed by atoms with E-state index in [2.05, 4.69) is 16.0 Å². The molecule has 0 heterocycles. The molecule has 3 rings (SSSR count). The van der Waals surface area contributed by atoms with Crippen molar-refractivity contribution in [1.82, 2.24) is 0 Å². The largest absolute Gasteiger partial charge is 0.494 e. The molecule has 3 N–H and O–H groups in total. The van der Waals surface area contributed by atoms with Crippen LogP contribution < -0.4 is 20.7 Å². The zero-order valence-corrected chi connectivity index (χ0v) is 15.4. The third kappa shape index (κ3) is 5.35. The molecule has 0 atom stereocenters. The molecular weight excluding hydrogens is 354 g/mol. The molecule has 6 heteroatoms. The summed E-state index contributed by atoms with van der Waals surface area (Å²) in [6.07, 6.45) is 0. The number of nitrogens with one attached hydrogen (secondary N) is 3. The summed E-state index contributed by atoms with van der Waals surface area (Å²) < 4.78 is 5.34. The third-order valence-corrected chi connectivity index (χ3v) is 3.83. The van der Waals surface area contributed by atoms with E-state index >= 15 is 0 Å². The number of anilines is 4. The molecule has 28 heavy (non-hydrogen) atoms. The molecule has 0 radical (unpaired) electrons. The molecule has 0 spiro atoms. The molecule has 0 saturated heterocycles. The highest BCUT2D eigenvalue weighted by Crippen LogP contribution is 2.19. The minimum absolute atomic E-state index is 0.519. The van der Waals surface area contributed by atoms with Crippen LogP contribution in [0.25, 0.3) is 0 Å². The van der Waals surface area contributed by atoms with Gasteiger partial charge in [-0.15, -0.1) is 0 Å². The van der Waals surface area contributed by atoms with Gasteiger partial charge in [-0.05, 0) is 67.6 Å². The van der Waals surface area contributed by atoms with E-state index in [1.54, 1.807) is 36.4 Å². The number of hydrogen-bond donors (Lipinski definition) is 3. The van der Waals surface area contributed by atoms with Gasteiger partial charge in [-0.25, -0.2) is 0 Å². The fourth-order valence-electron chi connectivity index (χ4n) is 2.50. The first-order chi connectivity index (χ1) is 13.6. The Kier molecular flexibility index (Phi) is 6.25.